The van der Waals surface area contributed by atoms with Crippen molar-refractivity contribution in [3.63, 3.8) is 0 Å². The molecule has 0 amide bonds. The molecule has 0 aliphatic carbocycles. The van der Waals surface area contributed by atoms with Crippen molar-refractivity contribution in [3.05, 3.63) is 87.7 Å². The zero-order valence-electron chi connectivity index (χ0n) is 17.6. The number of nitrogens with zero attached hydrogens (tertiary/aromatic N) is 1. The Kier molecular flexibility index (Phi) is 7.68. The van der Waals surface area contributed by atoms with Gasteiger partial charge in [0.15, 0.2) is 0 Å². The van der Waals surface area contributed by atoms with Crippen molar-refractivity contribution in [2.75, 3.05) is 19.5 Å². The molecule has 164 valence electrons. The number of hydrogen-bond acceptors (Lipinski definition) is 7. The van der Waals surface area contributed by atoms with Gasteiger partial charge in [0.25, 0.3) is 0 Å². The molecule has 0 saturated carbocycles. The highest BCUT2D eigenvalue weighted by Gasteiger charge is 2.38. The van der Waals surface area contributed by atoms with E-state index in [0.29, 0.717) is 16.3 Å². The van der Waals surface area contributed by atoms with Crippen molar-refractivity contribution < 1.29 is 23.5 Å². The molecule has 0 aromatic heterocycles. The first-order valence-corrected chi connectivity index (χ1v) is 10.8. The van der Waals surface area contributed by atoms with E-state index < -0.39 is 23.7 Å². The summed E-state index contributed by atoms with van der Waals surface area (Å²) in [6.45, 7) is 1.79. The van der Waals surface area contributed by atoms with Gasteiger partial charge in [-0.3, -0.25) is 4.79 Å². The largest absolute Gasteiger partial charge is 0.468 e. The summed E-state index contributed by atoms with van der Waals surface area (Å²) >= 11 is 1.06. The van der Waals surface area contributed by atoms with Crippen molar-refractivity contribution in [2.24, 2.45) is 0 Å². The Hall–Kier alpha value is -3.57. The van der Waals surface area contributed by atoms with Crippen LogP contribution in [0.2, 0.25) is 0 Å². The molecule has 0 fully saturated rings. The number of rotatable bonds is 7. The molecule has 0 bridgehead atoms. The molecule has 2 aromatic carbocycles. The highest BCUT2D eigenvalue weighted by Crippen LogP contribution is 2.44. The van der Waals surface area contributed by atoms with Crippen LogP contribution in [0.4, 0.5) is 4.39 Å². The van der Waals surface area contributed by atoms with Crippen molar-refractivity contribution in [3.8, 4) is 6.07 Å². The Labute approximate surface area is 189 Å². The lowest BCUT2D eigenvalue weighted by atomic mass is 9.81. The van der Waals surface area contributed by atoms with Gasteiger partial charge in [0.1, 0.15) is 5.82 Å². The van der Waals surface area contributed by atoms with Crippen molar-refractivity contribution >= 4 is 29.4 Å². The first-order valence-electron chi connectivity index (χ1n) is 9.83. The van der Waals surface area contributed by atoms with Crippen LogP contribution in [0.5, 0.6) is 0 Å². The molecule has 6 nitrogen and oxygen atoms in total. The van der Waals surface area contributed by atoms with E-state index in [1.54, 1.807) is 37.3 Å². The molecule has 8 heteroatoms. The van der Waals surface area contributed by atoms with Crippen LogP contribution in [-0.4, -0.2) is 31.4 Å². The number of hydrogen-bond donors (Lipinski definition) is 1. The minimum atomic E-state index is -1.02. The van der Waals surface area contributed by atoms with E-state index in [9.17, 15) is 19.2 Å². The Bertz CT molecular complexity index is 1120. The molecule has 0 spiro atoms. The van der Waals surface area contributed by atoms with Gasteiger partial charge < -0.3 is 14.8 Å². The molecule has 1 aliphatic heterocycles. The quantitative estimate of drug-likeness (QED) is 0.632. The summed E-state index contributed by atoms with van der Waals surface area (Å²) in [7, 11) is 1.27. The lowest BCUT2D eigenvalue weighted by molar-refractivity contribution is -0.139. The standard InChI is InChI=1S/C24H21FN2O4S/c1-3-31-24(29)21-20(16-11-7-8-12-18(16)25)17(13-26)23(32-14-19(28)30-2)27-22(21)15-9-5-4-6-10-15/h4-12,20,27H,3,14H2,1-2H3. The third-order valence-electron chi connectivity index (χ3n) is 4.79. The number of esters is 2. The van der Waals surface area contributed by atoms with Gasteiger partial charge in [-0.1, -0.05) is 60.3 Å². The Morgan fingerprint density at radius 2 is 1.84 bits per heavy atom. The first kappa shape index (κ1) is 23.1. The second-order valence-corrected chi connectivity index (χ2v) is 7.66. The van der Waals surface area contributed by atoms with Crippen molar-refractivity contribution in [1.29, 1.82) is 5.26 Å². The van der Waals surface area contributed by atoms with Crippen molar-refractivity contribution in [2.45, 2.75) is 12.8 Å². The van der Waals surface area contributed by atoms with Gasteiger partial charge in [-0.15, -0.1) is 0 Å². The van der Waals surface area contributed by atoms with Gasteiger partial charge in [-0.05, 0) is 18.6 Å². The van der Waals surface area contributed by atoms with Crippen LogP contribution in [0.3, 0.4) is 0 Å². The molecule has 0 radical (unpaired) electrons. The van der Waals surface area contributed by atoms with E-state index >= 15 is 0 Å². The van der Waals surface area contributed by atoms with Crippen LogP contribution in [-0.2, 0) is 19.1 Å². The number of nitrogens with one attached hydrogen (secondary N) is 1. The number of dihydropyridines is 1. The number of halogens is 1. The molecule has 1 atom stereocenters. The number of ether oxygens (including phenoxy) is 2. The fourth-order valence-electron chi connectivity index (χ4n) is 3.37. The third kappa shape index (κ3) is 4.84. The van der Waals surface area contributed by atoms with Crippen LogP contribution in [0.1, 0.15) is 24.0 Å². The third-order valence-corrected chi connectivity index (χ3v) is 5.78. The molecular weight excluding hydrogens is 431 g/mol. The van der Waals surface area contributed by atoms with E-state index in [1.165, 1.54) is 25.3 Å². The van der Waals surface area contributed by atoms with Crippen molar-refractivity contribution in [1.82, 2.24) is 5.32 Å². The molecule has 1 N–H and O–H groups in total. The Morgan fingerprint density at radius 3 is 2.47 bits per heavy atom. The van der Waals surface area contributed by atoms with Gasteiger partial charge in [0.2, 0.25) is 0 Å². The van der Waals surface area contributed by atoms with E-state index in [1.807, 2.05) is 6.07 Å². The zero-order valence-corrected chi connectivity index (χ0v) is 18.4. The number of carbonyl (C=O) groups excluding carboxylic acids is 2. The predicted octanol–water partition coefficient (Wildman–Crippen LogP) is 4.13. The second-order valence-electron chi connectivity index (χ2n) is 6.67. The summed E-state index contributed by atoms with van der Waals surface area (Å²) in [4.78, 5) is 24.8. The smallest absolute Gasteiger partial charge is 0.337 e. The predicted molar refractivity (Wildman–Crippen MR) is 119 cm³/mol. The van der Waals surface area contributed by atoms with E-state index in [0.717, 1.165) is 11.8 Å². The second kappa shape index (κ2) is 10.6. The maximum Gasteiger partial charge on any atom is 0.337 e. The average Bonchev–Trinajstić information content (AvgIpc) is 2.82. The molecule has 32 heavy (non-hydrogen) atoms. The highest BCUT2D eigenvalue weighted by molar-refractivity contribution is 8.03. The topological polar surface area (TPSA) is 88.4 Å². The van der Waals surface area contributed by atoms with Crippen LogP contribution >= 0.6 is 11.8 Å². The number of allylic oxidation sites excluding steroid dienone is 1. The normalized spacial score (nSPS) is 15.6. The molecule has 2 aromatic rings. The monoisotopic (exact) mass is 452 g/mol. The number of nitriles is 1. The van der Waals surface area contributed by atoms with Crippen LogP contribution in [0.25, 0.3) is 5.70 Å². The molecule has 1 heterocycles. The van der Waals surface area contributed by atoms with Gasteiger partial charge >= 0.3 is 11.9 Å². The zero-order chi connectivity index (χ0) is 23.1. The summed E-state index contributed by atoms with van der Waals surface area (Å²) in [5, 5.41) is 13.5. The SMILES string of the molecule is CCOC(=O)C1=C(c2ccccc2)NC(SCC(=O)OC)=C(C#N)C1c1ccccc1F. The summed E-state index contributed by atoms with van der Waals surface area (Å²) in [5.41, 5.74) is 1.46. The van der Waals surface area contributed by atoms with E-state index in [-0.39, 0.29) is 29.1 Å². The highest BCUT2D eigenvalue weighted by atomic mass is 32.2. The summed E-state index contributed by atoms with van der Waals surface area (Å²) < 4.78 is 24.9. The van der Waals surface area contributed by atoms with E-state index in [4.69, 9.17) is 9.47 Å². The summed E-state index contributed by atoms with van der Waals surface area (Å²) in [5.74, 6) is -2.77. The van der Waals surface area contributed by atoms with Crippen LogP contribution in [0, 0.1) is 17.1 Å². The van der Waals surface area contributed by atoms with Gasteiger partial charge in [0, 0.05) is 5.56 Å². The lowest BCUT2D eigenvalue weighted by Gasteiger charge is -2.30. The minimum absolute atomic E-state index is 0.0647. The molecule has 0 saturated heterocycles. The summed E-state index contributed by atoms with van der Waals surface area (Å²) in [6.07, 6.45) is 0. The first-order chi connectivity index (χ1) is 15.5. The molecular formula is C24H21FN2O4S. The number of methoxy groups -OCH3 is 1. The lowest BCUT2D eigenvalue weighted by Crippen LogP contribution is -2.30. The molecule has 1 aliphatic rings. The minimum Gasteiger partial charge on any atom is -0.468 e. The number of thioether (sulfide) groups is 1. The average molecular weight is 453 g/mol. The fourth-order valence-corrected chi connectivity index (χ4v) is 4.24. The van der Waals surface area contributed by atoms with Gasteiger partial charge in [-0.2, -0.15) is 5.26 Å². The summed E-state index contributed by atoms with van der Waals surface area (Å²) in [6, 6.07) is 17.1. The Morgan fingerprint density at radius 1 is 1.16 bits per heavy atom. The van der Waals surface area contributed by atoms with Crippen LogP contribution in [0.15, 0.2) is 70.8 Å². The maximum absolute atomic E-state index is 14.9. The molecule has 1 unspecified atom stereocenters. The van der Waals surface area contributed by atoms with Gasteiger partial charge in [0.05, 0.1) is 53.3 Å². The number of carbonyl (C=O) groups is 2. The van der Waals surface area contributed by atoms with E-state index in [2.05, 4.69) is 11.4 Å². The fraction of sp³-hybridized carbons (Fsp3) is 0.208. The Balaban J connectivity index is 2.27. The molecule has 3 rings (SSSR count). The maximum atomic E-state index is 14.9. The van der Waals surface area contributed by atoms with Gasteiger partial charge in [-0.25, -0.2) is 9.18 Å². The van der Waals surface area contributed by atoms with Crippen LogP contribution < -0.4 is 5.32 Å². The number of benzene rings is 2.